The van der Waals surface area contributed by atoms with E-state index in [0.29, 0.717) is 0 Å². The monoisotopic (exact) mass is 417 g/mol. The smallest absolute Gasteiger partial charge is 0.303 e. The van der Waals surface area contributed by atoms with Crippen molar-refractivity contribution in [1.29, 1.82) is 0 Å². The van der Waals surface area contributed by atoms with Gasteiger partial charge in [-0.25, -0.2) is 0 Å². The highest BCUT2D eigenvalue weighted by Gasteiger charge is 2.52. The van der Waals surface area contributed by atoms with Gasteiger partial charge in [-0.15, -0.1) is 0 Å². The Kier molecular flexibility index (Phi) is 9.86. The Morgan fingerprint density at radius 3 is 1.97 bits per heavy atom. The Labute approximate surface area is 166 Å². The average Bonchev–Trinajstić information content (AvgIpc) is 2.60. The molecule has 0 N–H and O–H groups in total. The van der Waals surface area contributed by atoms with Crippen molar-refractivity contribution in [3.8, 4) is 0 Å². The number of carbonyl (C=O) groups excluding carboxylic acids is 4. The van der Waals surface area contributed by atoms with E-state index in [4.69, 9.17) is 34.0 Å². The number of azide groups is 1. The first-order valence-corrected chi connectivity index (χ1v) is 8.58. The van der Waals surface area contributed by atoms with E-state index in [2.05, 4.69) is 10.0 Å². The van der Waals surface area contributed by atoms with Crippen LogP contribution in [0.3, 0.4) is 0 Å². The Morgan fingerprint density at radius 1 is 0.897 bits per heavy atom. The van der Waals surface area contributed by atoms with Gasteiger partial charge in [0, 0.05) is 39.2 Å². The average molecular weight is 417 g/mol. The Bertz CT molecular complexity index is 663. The second-order valence-electron chi connectivity index (χ2n) is 5.89. The minimum Gasteiger partial charge on any atom is -0.463 e. The normalized spacial score (nSPS) is 25.9. The summed E-state index contributed by atoms with van der Waals surface area (Å²) in [4.78, 5) is 48.5. The van der Waals surface area contributed by atoms with Crippen molar-refractivity contribution in [2.45, 2.75) is 58.4 Å². The molecule has 1 saturated heterocycles. The fourth-order valence-corrected chi connectivity index (χ4v) is 2.58. The van der Waals surface area contributed by atoms with E-state index >= 15 is 0 Å². The highest BCUT2D eigenvalue weighted by molar-refractivity contribution is 5.68. The van der Waals surface area contributed by atoms with Crippen LogP contribution in [0.4, 0.5) is 0 Å². The molecule has 1 rings (SSSR count). The molecule has 0 aromatic rings. The molecular weight excluding hydrogens is 394 g/mol. The van der Waals surface area contributed by atoms with E-state index in [1.165, 1.54) is 6.92 Å². The van der Waals surface area contributed by atoms with Gasteiger partial charge in [0.25, 0.3) is 0 Å². The molecule has 29 heavy (non-hydrogen) atoms. The van der Waals surface area contributed by atoms with E-state index in [0.717, 1.165) is 20.8 Å². The molecule has 0 aromatic carbocycles. The third-order valence-electron chi connectivity index (χ3n) is 3.48. The van der Waals surface area contributed by atoms with E-state index in [1.807, 2.05) is 0 Å². The third kappa shape index (κ3) is 8.34. The standard InChI is InChI=1S/C16H23N3O10/c1-8(20)25-7-12-13(26-9(2)21)14(27-10(3)22)15(28-11(4)23)16(29-12)24-6-5-18-19-17/h12-16H,5-7H2,1-4H3/t12-,13+,14+,15-,16-/m1/s1. The van der Waals surface area contributed by atoms with Crippen LogP contribution in [0.1, 0.15) is 27.7 Å². The summed E-state index contributed by atoms with van der Waals surface area (Å²) in [6.45, 7) is 4.01. The molecule has 0 bridgehead atoms. The maximum atomic E-state index is 11.6. The molecule has 0 aromatic heterocycles. The number of hydrogen-bond acceptors (Lipinski definition) is 11. The quantitative estimate of drug-likeness (QED) is 0.128. The van der Waals surface area contributed by atoms with Gasteiger partial charge in [-0.2, -0.15) is 0 Å². The van der Waals surface area contributed by atoms with Crippen molar-refractivity contribution in [3.63, 3.8) is 0 Å². The zero-order valence-corrected chi connectivity index (χ0v) is 16.4. The minimum absolute atomic E-state index is 0.0522. The van der Waals surface area contributed by atoms with Crippen molar-refractivity contribution in [1.82, 2.24) is 0 Å². The van der Waals surface area contributed by atoms with Gasteiger partial charge in [0.15, 0.2) is 24.6 Å². The lowest BCUT2D eigenvalue weighted by molar-refractivity contribution is -0.307. The Morgan fingerprint density at radius 2 is 1.45 bits per heavy atom. The molecule has 1 heterocycles. The number of carbonyl (C=O) groups is 4. The van der Waals surface area contributed by atoms with Crippen molar-refractivity contribution < 1.29 is 47.6 Å². The summed E-state index contributed by atoms with van der Waals surface area (Å²) >= 11 is 0. The van der Waals surface area contributed by atoms with E-state index in [1.54, 1.807) is 0 Å². The van der Waals surface area contributed by atoms with Crippen LogP contribution < -0.4 is 0 Å². The molecule has 0 radical (unpaired) electrons. The van der Waals surface area contributed by atoms with Gasteiger partial charge in [-0.3, -0.25) is 19.2 Å². The first-order valence-electron chi connectivity index (χ1n) is 8.58. The summed E-state index contributed by atoms with van der Waals surface area (Å²) in [7, 11) is 0. The molecule has 1 fully saturated rings. The van der Waals surface area contributed by atoms with E-state index in [-0.39, 0.29) is 19.8 Å². The van der Waals surface area contributed by atoms with Crippen LogP contribution in [0.15, 0.2) is 5.11 Å². The van der Waals surface area contributed by atoms with Gasteiger partial charge in [0.05, 0.1) is 6.61 Å². The number of rotatable bonds is 9. The highest BCUT2D eigenvalue weighted by Crippen LogP contribution is 2.29. The van der Waals surface area contributed by atoms with Crippen LogP contribution in [-0.4, -0.2) is 74.3 Å². The molecule has 0 aliphatic carbocycles. The molecular formula is C16H23N3O10. The molecule has 0 saturated carbocycles. The second kappa shape index (κ2) is 11.8. The van der Waals surface area contributed by atoms with E-state index in [9.17, 15) is 19.2 Å². The van der Waals surface area contributed by atoms with Gasteiger partial charge in [-0.05, 0) is 5.53 Å². The van der Waals surface area contributed by atoms with Gasteiger partial charge < -0.3 is 28.4 Å². The molecule has 13 nitrogen and oxygen atoms in total. The number of nitrogens with zero attached hydrogens (tertiary/aromatic N) is 3. The molecule has 1 aliphatic rings. The van der Waals surface area contributed by atoms with Crippen LogP contribution in [0, 0.1) is 0 Å². The topological polar surface area (TPSA) is 172 Å². The van der Waals surface area contributed by atoms with Crippen LogP contribution in [-0.2, 0) is 47.6 Å². The molecule has 5 atom stereocenters. The van der Waals surface area contributed by atoms with Gasteiger partial charge >= 0.3 is 23.9 Å². The largest absolute Gasteiger partial charge is 0.463 e. The molecule has 13 heteroatoms. The fraction of sp³-hybridized carbons (Fsp3) is 0.750. The molecule has 0 spiro atoms. The maximum absolute atomic E-state index is 11.6. The lowest BCUT2D eigenvalue weighted by Gasteiger charge is -2.44. The second-order valence-corrected chi connectivity index (χ2v) is 5.89. The summed E-state index contributed by atoms with van der Waals surface area (Å²) in [6, 6.07) is 0. The predicted molar refractivity (Wildman–Crippen MR) is 91.9 cm³/mol. The van der Waals surface area contributed by atoms with Crippen LogP contribution in [0.5, 0.6) is 0 Å². The van der Waals surface area contributed by atoms with Gasteiger partial charge in [-0.1, -0.05) is 5.11 Å². The third-order valence-corrected chi connectivity index (χ3v) is 3.48. The summed E-state index contributed by atoms with van der Waals surface area (Å²) in [6.07, 6.45) is -6.25. The molecule has 1 aliphatic heterocycles. The zero-order chi connectivity index (χ0) is 22.0. The van der Waals surface area contributed by atoms with Crippen molar-refractivity contribution in [2.24, 2.45) is 5.11 Å². The van der Waals surface area contributed by atoms with Crippen LogP contribution in [0.25, 0.3) is 10.4 Å². The molecule has 0 unspecified atom stereocenters. The summed E-state index contributed by atoms with van der Waals surface area (Å²) in [5, 5.41) is 3.31. The minimum atomic E-state index is -1.31. The zero-order valence-electron chi connectivity index (χ0n) is 16.4. The fourth-order valence-electron chi connectivity index (χ4n) is 2.58. The van der Waals surface area contributed by atoms with Crippen LogP contribution in [0.2, 0.25) is 0 Å². The number of esters is 4. The summed E-state index contributed by atoms with van der Waals surface area (Å²) in [5.74, 6) is -2.83. The van der Waals surface area contributed by atoms with E-state index < -0.39 is 54.6 Å². The predicted octanol–water partition coefficient (Wildman–Crippen LogP) is 0.396. The first-order chi connectivity index (χ1) is 13.6. The molecule has 162 valence electrons. The van der Waals surface area contributed by atoms with Crippen LogP contribution >= 0.6 is 0 Å². The first kappa shape index (κ1) is 24.1. The van der Waals surface area contributed by atoms with Crippen molar-refractivity contribution >= 4 is 23.9 Å². The Balaban J connectivity index is 3.22. The molecule has 0 amide bonds. The maximum Gasteiger partial charge on any atom is 0.303 e. The lowest BCUT2D eigenvalue weighted by atomic mass is 9.98. The SMILES string of the molecule is CC(=O)OC[C@H]1O[C@@H](OCCN=[N+]=[N-])[C@H](OC(C)=O)[C@@H](OC(C)=O)[C@H]1OC(C)=O. The lowest BCUT2D eigenvalue weighted by Crippen LogP contribution is -2.63. The van der Waals surface area contributed by atoms with Gasteiger partial charge in [0.2, 0.25) is 0 Å². The number of ether oxygens (including phenoxy) is 6. The summed E-state index contributed by atoms with van der Waals surface area (Å²) in [5.41, 5.74) is 8.35. The van der Waals surface area contributed by atoms with Crippen molar-refractivity contribution in [3.05, 3.63) is 10.4 Å². The Hall–Kier alpha value is -2.89. The highest BCUT2D eigenvalue weighted by atomic mass is 16.7. The van der Waals surface area contributed by atoms with Gasteiger partial charge in [0.1, 0.15) is 12.7 Å². The number of hydrogen-bond donors (Lipinski definition) is 0. The van der Waals surface area contributed by atoms with Crippen molar-refractivity contribution in [2.75, 3.05) is 19.8 Å². The summed E-state index contributed by atoms with van der Waals surface area (Å²) < 4.78 is 31.7.